The normalized spacial score (nSPS) is 33.5. The van der Waals surface area contributed by atoms with E-state index in [4.69, 9.17) is 5.73 Å². The van der Waals surface area contributed by atoms with E-state index in [0.29, 0.717) is 5.96 Å². The minimum absolute atomic E-state index is 0.108. The van der Waals surface area contributed by atoms with Crippen LogP contribution in [0.15, 0.2) is 29.3 Å². The summed E-state index contributed by atoms with van der Waals surface area (Å²) in [5.41, 5.74) is 8.80. The summed E-state index contributed by atoms with van der Waals surface area (Å²) >= 11 is 0. The molecule has 3 heteroatoms. The van der Waals surface area contributed by atoms with Gasteiger partial charge in [0.05, 0.1) is 12.1 Å². The predicted octanol–water partition coefficient (Wildman–Crippen LogP) is 3.32. The van der Waals surface area contributed by atoms with Crippen molar-refractivity contribution in [2.75, 3.05) is 11.4 Å². The topological polar surface area (TPSA) is 41.6 Å². The maximum atomic E-state index is 6.22. The fourth-order valence-electron chi connectivity index (χ4n) is 4.26. The Morgan fingerprint density at radius 1 is 1.15 bits per heavy atom. The largest absolute Gasteiger partial charge is 0.369 e. The molecule has 0 aromatic heterocycles. The van der Waals surface area contributed by atoms with Gasteiger partial charge >= 0.3 is 0 Å². The molecule has 3 nitrogen and oxygen atoms in total. The van der Waals surface area contributed by atoms with Crippen LogP contribution in [-0.4, -0.2) is 18.0 Å². The molecule has 0 radical (unpaired) electrons. The van der Waals surface area contributed by atoms with Gasteiger partial charge in [-0.1, -0.05) is 31.5 Å². The lowest BCUT2D eigenvalue weighted by atomic mass is 9.71. The Morgan fingerprint density at radius 3 is 2.35 bits per heavy atom. The molecule has 0 amide bonds. The highest BCUT2D eigenvalue weighted by Gasteiger charge is 2.47. The smallest absolute Gasteiger partial charge is 0.196 e. The van der Waals surface area contributed by atoms with E-state index in [9.17, 15) is 0 Å². The molecule has 0 saturated heterocycles. The summed E-state index contributed by atoms with van der Waals surface area (Å²) in [6, 6.07) is 8.66. The van der Waals surface area contributed by atoms with Gasteiger partial charge in [0.1, 0.15) is 0 Å². The molecule has 20 heavy (non-hydrogen) atoms. The highest BCUT2D eigenvalue weighted by Crippen LogP contribution is 2.44. The van der Waals surface area contributed by atoms with Crippen molar-refractivity contribution in [2.45, 2.75) is 45.6 Å². The van der Waals surface area contributed by atoms with Crippen molar-refractivity contribution in [3.05, 3.63) is 29.8 Å². The highest BCUT2D eigenvalue weighted by molar-refractivity contribution is 5.98. The summed E-state index contributed by atoms with van der Waals surface area (Å²) in [4.78, 5) is 6.89. The number of hydrogen-bond acceptors (Lipinski definition) is 3. The van der Waals surface area contributed by atoms with Crippen LogP contribution < -0.4 is 10.6 Å². The van der Waals surface area contributed by atoms with E-state index in [0.717, 1.165) is 18.4 Å². The lowest BCUT2D eigenvalue weighted by Crippen LogP contribution is -2.55. The van der Waals surface area contributed by atoms with Gasteiger partial charge in [-0.15, -0.1) is 0 Å². The third kappa shape index (κ3) is 2.19. The van der Waals surface area contributed by atoms with Crippen LogP contribution >= 0.6 is 0 Å². The molecule has 1 spiro atoms. The van der Waals surface area contributed by atoms with E-state index < -0.39 is 0 Å². The summed E-state index contributed by atoms with van der Waals surface area (Å²) in [6.45, 7) is 7.69. The van der Waals surface area contributed by atoms with Crippen LogP contribution in [0, 0.1) is 18.8 Å². The molecule has 2 atom stereocenters. The zero-order valence-electron chi connectivity index (χ0n) is 12.8. The van der Waals surface area contributed by atoms with Crippen molar-refractivity contribution in [3.63, 3.8) is 0 Å². The quantitative estimate of drug-likeness (QED) is 0.851. The molecular weight excluding hydrogens is 246 g/mol. The Bertz CT molecular complexity index is 508. The van der Waals surface area contributed by atoms with Crippen molar-refractivity contribution in [1.29, 1.82) is 0 Å². The SMILES string of the molecule is Cc1ccc(N2C(N)=NCC23CC(C)CC(C)C3)cc1. The summed E-state index contributed by atoms with van der Waals surface area (Å²) in [6.07, 6.45) is 3.70. The lowest BCUT2D eigenvalue weighted by molar-refractivity contribution is 0.197. The molecule has 1 aliphatic carbocycles. The second-order valence-electron chi connectivity index (χ2n) is 6.92. The Balaban J connectivity index is 1.97. The first-order valence-corrected chi connectivity index (χ1v) is 7.67. The van der Waals surface area contributed by atoms with Gasteiger partial charge in [0.25, 0.3) is 0 Å². The van der Waals surface area contributed by atoms with Crippen LogP contribution in [-0.2, 0) is 0 Å². The van der Waals surface area contributed by atoms with Gasteiger partial charge < -0.3 is 10.6 Å². The van der Waals surface area contributed by atoms with Crippen molar-refractivity contribution >= 4 is 11.6 Å². The minimum atomic E-state index is 0.108. The summed E-state index contributed by atoms with van der Waals surface area (Å²) in [5, 5.41) is 0. The van der Waals surface area contributed by atoms with Crippen molar-refractivity contribution in [3.8, 4) is 0 Å². The molecule has 1 heterocycles. The molecule has 1 saturated carbocycles. The first-order chi connectivity index (χ1) is 9.50. The number of aryl methyl sites for hydroxylation is 1. The van der Waals surface area contributed by atoms with Crippen LogP contribution in [0.5, 0.6) is 0 Å². The number of nitrogens with zero attached hydrogens (tertiary/aromatic N) is 2. The van der Waals surface area contributed by atoms with Crippen LogP contribution in [0.1, 0.15) is 38.7 Å². The highest BCUT2D eigenvalue weighted by atomic mass is 15.4. The van der Waals surface area contributed by atoms with Crippen molar-refractivity contribution < 1.29 is 0 Å². The summed E-state index contributed by atoms with van der Waals surface area (Å²) in [5.74, 6) is 2.18. The molecule has 1 aromatic carbocycles. The number of guanidine groups is 1. The van der Waals surface area contributed by atoms with E-state index in [2.05, 4.69) is 54.9 Å². The fraction of sp³-hybridized carbons (Fsp3) is 0.588. The zero-order chi connectivity index (χ0) is 14.3. The number of nitrogens with two attached hydrogens (primary N) is 1. The Labute approximate surface area is 121 Å². The van der Waals surface area contributed by atoms with Gasteiger partial charge in [-0.25, -0.2) is 0 Å². The standard InChI is InChI=1S/C17H25N3/c1-12-4-6-15(7-5-12)20-16(18)19-11-17(20)9-13(2)8-14(3)10-17/h4-7,13-14H,8-11H2,1-3H3,(H2,18,19). The third-order valence-electron chi connectivity index (χ3n) is 4.79. The average molecular weight is 271 g/mol. The maximum Gasteiger partial charge on any atom is 0.196 e. The minimum Gasteiger partial charge on any atom is -0.369 e. The van der Waals surface area contributed by atoms with Gasteiger partial charge in [0, 0.05) is 5.69 Å². The number of anilines is 1. The van der Waals surface area contributed by atoms with Crippen LogP contribution in [0.2, 0.25) is 0 Å². The Kier molecular flexibility index (Phi) is 3.23. The van der Waals surface area contributed by atoms with Gasteiger partial charge in [-0.2, -0.15) is 0 Å². The molecule has 0 bridgehead atoms. The van der Waals surface area contributed by atoms with Gasteiger partial charge in [-0.3, -0.25) is 4.99 Å². The molecule has 3 rings (SSSR count). The van der Waals surface area contributed by atoms with Crippen molar-refractivity contribution in [1.82, 2.24) is 0 Å². The molecule has 1 aliphatic heterocycles. The van der Waals surface area contributed by atoms with E-state index in [1.807, 2.05) is 0 Å². The average Bonchev–Trinajstić information content (AvgIpc) is 2.66. The number of rotatable bonds is 1. The molecule has 2 aliphatic rings. The van der Waals surface area contributed by atoms with Crippen LogP contribution in [0.3, 0.4) is 0 Å². The monoisotopic (exact) mass is 271 g/mol. The fourth-order valence-corrected chi connectivity index (χ4v) is 4.26. The molecule has 2 N–H and O–H groups in total. The summed E-state index contributed by atoms with van der Waals surface area (Å²) in [7, 11) is 0. The third-order valence-corrected chi connectivity index (χ3v) is 4.79. The van der Waals surface area contributed by atoms with E-state index >= 15 is 0 Å². The first-order valence-electron chi connectivity index (χ1n) is 7.67. The number of benzene rings is 1. The van der Waals surface area contributed by atoms with Gasteiger partial charge in [0.15, 0.2) is 5.96 Å². The first kappa shape index (κ1) is 13.5. The number of aliphatic imine (C=N–C) groups is 1. The Morgan fingerprint density at radius 2 is 1.75 bits per heavy atom. The van der Waals surface area contributed by atoms with Crippen molar-refractivity contribution in [2.24, 2.45) is 22.6 Å². The van der Waals surface area contributed by atoms with Crippen LogP contribution in [0.25, 0.3) is 0 Å². The second kappa shape index (κ2) is 4.80. The zero-order valence-corrected chi connectivity index (χ0v) is 12.8. The van der Waals surface area contributed by atoms with E-state index in [1.165, 1.54) is 30.5 Å². The Hall–Kier alpha value is -1.51. The van der Waals surface area contributed by atoms with E-state index in [1.54, 1.807) is 0 Å². The summed E-state index contributed by atoms with van der Waals surface area (Å²) < 4.78 is 0. The number of hydrogen-bond donors (Lipinski definition) is 1. The molecule has 2 unspecified atom stereocenters. The molecule has 1 aromatic rings. The second-order valence-corrected chi connectivity index (χ2v) is 6.92. The van der Waals surface area contributed by atoms with Gasteiger partial charge in [-0.05, 0) is 50.2 Å². The predicted molar refractivity (Wildman–Crippen MR) is 85.1 cm³/mol. The maximum absolute atomic E-state index is 6.22. The van der Waals surface area contributed by atoms with Gasteiger partial charge in [0.2, 0.25) is 0 Å². The molecular formula is C17H25N3. The molecule has 1 fully saturated rings. The van der Waals surface area contributed by atoms with E-state index in [-0.39, 0.29) is 5.54 Å². The van der Waals surface area contributed by atoms with Crippen LogP contribution in [0.4, 0.5) is 5.69 Å². The lowest BCUT2D eigenvalue weighted by Gasteiger charge is -2.46. The molecule has 108 valence electrons.